The van der Waals surface area contributed by atoms with Gasteiger partial charge in [0.15, 0.2) is 0 Å². The van der Waals surface area contributed by atoms with E-state index in [1.165, 1.54) is 6.07 Å². The predicted octanol–water partition coefficient (Wildman–Crippen LogP) is 2.74. The first kappa shape index (κ1) is 11.6. The average Bonchev–Trinajstić information content (AvgIpc) is 2.68. The Morgan fingerprint density at radius 2 is 2.19 bits per heavy atom. The highest BCUT2D eigenvalue weighted by Gasteiger charge is 2.29. The fourth-order valence-corrected chi connectivity index (χ4v) is 2.13. The summed E-state index contributed by atoms with van der Waals surface area (Å²) in [7, 11) is 0. The SMILES string of the molecule is Cc1cc(C(O)C2CCC(C)O2)ccc1F. The number of aryl methyl sites for hydroxylation is 1. The van der Waals surface area contributed by atoms with E-state index < -0.39 is 6.10 Å². The van der Waals surface area contributed by atoms with Crippen LogP contribution >= 0.6 is 0 Å². The third kappa shape index (κ3) is 2.25. The number of aliphatic hydroxyl groups is 1. The average molecular weight is 224 g/mol. The van der Waals surface area contributed by atoms with Gasteiger partial charge in [-0.2, -0.15) is 0 Å². The Kier molecular flexibility index (Phi) is 3.26. The molecule has 1 N–H and O–H groups in total. The molecule has 0 radical (unpaired) electrons. The molecule has 2 nitrogen and oxygen atoms in total. The van der Waals surface area contributed by atoms with Gasteiger partial charge in [0, 0.05) is 0 Å². The van der Waals surface area contributed by atoms with Crippen molar-refractivity contribution in [3.05, 3.63) is 35.1 Å². The molecule has 1 aromatic carbocycles. The van der Waals surface area contributed by atoms with Gasteiger partial charge in [-0.1, -0.05) is 12.1 Å². The summed E-state index contributed by atoms with van der Waals surface area (Å²) in [6.07, 6.45) is 1.24. The van der Waals surface area contributed by atoms with Crippen LogP contribution in [0.25, 0.3) is 0 Å². The molecule has 16 heavy (non-hydrogen) atoms. The van der Waals surface area contributed by atoms with Gasteiger partial charge in [0.1, 0.15) is 11.9 Å². The standard InChI is InChI=1S/C13H17FO2/c1-8-7-10(4-5-11(8)14)13(15)12-6-3-9(2)16-12/h4-5,7,9,12-13,15H,3,6H2,1-2H3. The van der Waals surface area contributed by atoms with Gasteiger partial charge in [-0.25, -0.2) is 4.39 Å². The molecule has 1 aliphatic heterocycles. The molecule has 0 amide bonds. The van der Waals surface area contributed by atoms with Crippen molar-refractivity contribution in [2.45, 2.75) is 45.0 Å². The zero-order valence-corrected chi connectivity index (χ0v) is 9.61. The first-order valence-electron chi connectivity index (χ1n) is 5.67. The van der Waals surface area contributed by atoms with E-state index in [1.54, 1.807) is 19.1 Å². The third-order valence-electron chi connectivity index (χ3n) is 3.14. The van der Waals surface area contributed by atoms with Gasteiger partial charge < -0.3 is 9.84 Å². The summed E-state index contributed by atoms with van der Waals surface area (Å²) in [4.78, 5) is 0. The van der Waals surface area contributed by atoms with Crippen LogP contribution in [0.3, 0.4) is 0 Å². The maximum atomic E-state index is 13.1. The van der Waals surface area contributed by atoms with Crippen LogP contribution in [0.15, 0.2) is 18.2 Å². The van der Waals surface area contributed by atoms with Crippen LogP contribution in [-0.4, -0.2) is 17.3 Å². The van der Waals surface area contributed by atoms with Gasteiger partial charge in [-0.15, -0.1) is 0 Å². The Morgan fingerprint density at radius 1 is 1.44 bits per heavy atom. The van der Waals surface area contributed by atoms with Gasteiger partial charge in [0.2, 0.25) is 0 Å². The molecule has 3 atom stereocenters. The molecule has 2 rings (SSSR count). The van der Waals surface area contributed by atoms with Crippen LogP contribution in [0.2, 0.25) is 0 Å². The first-order valence-corrected chi connectivity index (χ1v) is 5.67. The van der Waals surface area contributed by atoms with E-state index in [0.717, 1.165) is 18.4 Å². The first-order chi connectivity index (χ1) is 7.58. The van der Waals surface area contributed by atoms with Crippen molar-refractivity contribution in [3.8, 4) is 0 Å². The lowest BCUT2D eigenvalue weighted by Crippen LogP contribution is -2.18. The van der Waals surface area contributed by atoms with E-state index >= 15 is 0 Å². The Labute approximate surface area is 95.1 Å². The van der Waals surface area contributed by atoms with Gasteiger partial charge in [0.05, 0.1) is 12.2 Å². The molecule has 3 heteroatoms. The summed E-state index contributed by atoms with van der Waals surface area (Å²) in [5, 5.41) is 10.1. The van der Waals surface area contributed by atoms with E-state index in [9.17, 15) is 9.50 Å². The molecule has 1 aliphatic rings. The van der Waals surface area contributed by atoms with Gasteiger partial charge in [-0.05, 0) is 43.9 Å². The molecule has 1 saturated heterocycles. The number of ether oxygens (including phenoxy) is 1. The second-order valence-corrected chi connectivity index (χ2v) is 4.52. The lowest BCUT2D eigenvalue weighted by atomic mass is 10.0. The van der Waals surface area contributed by atoms with Crippen molar-refractivity contribution < 1.29 is 14.2 Å². The molecule has 0 spiro atoms. The number of halogens is 1. The van der Waals surface area contributed by atoms with Crippen molar-refractivity contribution >= 4 is 0 Å². The summed E-state index contributed by atoms with van der Waals surface area (Å²) >= 11 is 0. The van der Waals surface area contributed by atoms with E-state index in [0.29, 0.717) is 5.56 Å². The molecular formula is C13H17FO2. The molecular weight excluding hydrogens is 207 g/mol. The van der Waals surface area contributed by atoms with Gasteiger partial charge in [-0.3, -0.25) is 0 Å². The number of benzene rings is 1. The lowest BCUT2D eigenvalue weighted by Gasteiger charge is -2.19. The highest BCUT2D eigenvalue weighted by molar-refractivity contribution is 5.26. The largest absolute Gasteiger partial charge is 0.386 e. The van der Waals surface area contributed by atoms with Crippen LogP contribution in [0.4, 0.5) is 4.39 Å². The van der Waals surface area contributed by atoms with Crippen molar-refractivity contribution in [1.29, 1.82) is 0 Å². The molecule has 0 bridgehead atoms. The van der Waals surface area contributed by atoms with Crippen molar-refractivity contribution in [2.24, 2.45) is 0 Å². The summed E-state index contributed by atoms with van der Waals surface area (Å²) < 4.78 is 18.7. The molecule has 88 valence electrons. The monoisotopic (exact) mass is 224 g/mol. The van der Waals surface area contributed by atoms with Crippen LogP contribution in [0.5, 0.6) is 0 Å². The predicted molar refractivity (Wildman–Crippen MR) is 59.7 cm³/mol. The Morgan fingerprint density at radius 3 is 2.75 bits per heavy atom. The second-order valence-electron chi connectivity index (χ2n) is 4.52. The fraction of sp³-hybridized carbons (Fsp3) is 0.538. The number of aliphatic hydroxyl groups excluding tert-OH is 1. The van der Waals surface area contributed by atoms with Crippen molar-refractivity contribution in [2.75, 3.05) is 0 Å². The van der Waals surface area contributed by atoms with Gasteiger partial charge in [0.25, 0.3) is 0 Å². The van der Waals surface area contributed by atoms with E-state index in [1.807, 2.05) is 6.92 Å². The highest BCUT2D eigenvalue weighted by atomic mass is 19.1. The zero-order chi connectivity index (χ0) is 11.7. The molecule has 1 heterocycles. The summed E-state index contributed by atoms with van der Waals surface area (Å²) in [5.74, 6) is -0.239. The topological polar surface area (TPSA) is 29.5 Å². The molecule has 1 aromatic rings. The Hall–Kier alpha value is -0.930. The van der Waals surface area contributed by atoms with Crippen LogP contribution in [-0.2, 0) is 4.74 Å². The summed E-state index contributed by atoms with van der Waals surface area (Å²) in [6.45, 7) is 3.70. The van der Waals surface area contributed by atoms with E-state index in [4.69, 9.17) is 4.74 Å². The van der Waals surface area contributed by atoms with Crippen LogP contribution < -0.4 is 0 Å². The Bertz CT molecular complexity index is 378. The maximum absolute atomic E-state index is 13.1. The van der Waals surface area contributed by atoms with E-state index in [-0.39, 0.29) is 18.0 Å². The quantitative estimate of drug-likeness (QED) is 0.837. The number of hydrogen-bond donors (Lipinski definition) is 1. The molecule has 1 fully saturated rings. The molecule has 0 saturated carbocycles. The van der Waals surface area contributed by atoms with Crippen LogP contribution in [0.1, 0.15) is 37.0 Å². The number of hydrogen-bond acceptors (Lipinski definition) is 2. The summed E-state index contributed by atoms with van der Waals surface area (Å²) in [6, 6.07) is 4.71. The van der Waals surface area contributed by atoms with Crippen molar-refractivity contribution in [1.82, 2.24) is 0 Å². The second kappa shape index (κ2) is 4.52. The summed E-state index contributed by atoms with van der Waals surface area (Å²) in [5.41, 5.74) is 1.29. The third-order valence-corrected chi connectivity index (χ3v) is 3.14. The molecule has 0 aromatic heterocycles. The highest BCUT2D eigenvalue weighted by Crippen LogP contribution is 2.30. The minimum absolute atomic E-state index is 0.153. The minimum Gasteiger partial charge on any atom is -0.386 e. The fourth-order valence-electron chi connectivity index (χ4n) is 2.13. The molecule has 0 aliphatic carbocycles. The minimum atomic E-state index is -0.649. The van der Waals surface area contributed by atoms with E-state index in [2.05, 4.69) is 0 Å². The number of rotatable bonds is 2. The Balaban J connectivity index is 2.14. The maximum Gasteiger partial charge on any atom is 0.126 e. The van der Waals surface area contributed by atoms with Gasteiger partial charge >= 0.3 is 0 Å². The van der Waals surface area contributed by atoms with Crippen molar-refractivity contribution in [3.63, 3.8) is 0 Å². The van der Waals surface area contributed by atoms with Crippen LogP contribution in [0, 0.1) is 12.7 Å². The normalized spacial score (nSPS) is 27.0. The smallest absolute Gasteiger partial charge is 0.126 e. The lowest BCUT2D eigenvalue weighted by molar-refractivity contribution is -0.0297. The molecule has 3 unspecified atom stereocenters. The zero-order valence-electron chi connectivity index (χ0n) is 9.61.